The molecule has 0 aromatic carbocycles. The van der Waals surface area contributed by atoms with Crippen molar-refractivity contribution in [2.24, 2.45) is 15.9 Å². The van der Waals surface area contributed by atoms with Crippen LogP contribution in [0.4, 0.5) is 0 Å². The fourth-order valence-corrected chi connectivity index (χ4v) is 2.51. The molecule has 0 aromatic heterocycles. The SMILES string of the molecule is CC1CCN(CC2=NC=CN=C(OC(C)(C)C)C2)CC1. The molecule has 0 bridgehead atoms. The van der Waals surface area contributed by atoms with Gasteiger partial charge in [-0.3, -0.25) is 9.89 Å². The number of hydrogen-bond acceptors (Lipinski definition) is 4. The number of likely N-dealkylation sites (tertiary alicyclic amines) is 1. The average Bonchev–Trinajstić information content (AvgIpc) is 2.55. The third-order valence-electron chi connectivity index (χ3n) is 3.60. The van der Waals surface area contributed by atoms with Crippen molar-refractivity contribution in [1.29, 1.82) is 0 Å². The van der Waals surface area contributed by atoms with Gasteiger partial charge in [0.05, 0.1) is 6.42 Å². The standard InChI is InChI=1S/C16H27N3O/c1-13-5-9-19(10-6-13)12-14-11-15(18-8-7-17-14)20-16(2,3)4/h7-8,13H,5-6,9-12H2,1-4H3. The Balaban J connectivity index is 1.91. The van der Waals surface area contributed by atoms with Crippen LogP contribution in [-0.2, 0) is 4.74 Å². The highest BCUT2D eigenvalue weighted by Crippen LogP contribution is 2.17. The van der Waals surface area contributed by atoms with E-state index in [0.717, 1.165) is 30.5 Å². The molecule has 0 N–H and O–H groups in total. The summed E-state index contributed by atoms with van der Waals surface area (Å²) in [4.78, 5) is 11.4. The van der Waals surface area contributed by atoms with E-state index in [0.29, 0.717) is 0 Å². The van der Waals surface area contributed by atoms with Gasteiger partial charge in [-0.05, 0) is 52.6 Å². The molecule has 0 amide bonds. The summed E-state index contributed by atoms with van der Waals surface area (Å²) in [7, 11) is 0. The summed E-state index contributed by atoms with van der Waals surface area (Å²) in [5.74, 6) is 1.64. The zero-order valence-corrected chi connectivity index (χ0v) is 13.2. The molecule has 112 valence electrons. The van der Waals surface area contributed by atoms with Gasteiger partial charge in [-0.1, -0.05) is 6.92 Å². The Morgan fingerprint density at radius 1 is 1.20 bits per heavy atom. The topological polar surface area (TPSA) is 37.2 Å². The van der Waals surface area contributed by atoms with E-state index in [9.17, 15) is 0 Å². The molecule has 2 heterocycles. The maximum atomic E-state index is 5.89. The van der Waals surface area contributed by atoms with Crippen LogP contribution in [0.1, 0.15) is 47.0 Å². The molecule has 1 fully saturated rings. The smallest absolute Gasteiger partial charge is 0.194 e. The minimum absolute atomic E-state index is 0.206. The lowest BCUT2D eigenvalue weighted by molar-refractivity contribution is 0.114. The van der Waals surface area contributed by atoms with Gasteiger partial charge in [0.15, 0.2) is 5.90 Å². The molecular formula is C16H27N3O. The van der Waals surface area contributed by atoms with Crippen LogP contribution in [-0.4, -0.2) is 41.7 Å². The maximum Gasteiger partial charge on any atom is 0.194 e. The van der Waals surface area contributed by atoms with Crippen LogP contribution >= 0.6 is 0 Å². The van der Waals surface area contributed by atoms with Gasteiger partial charge in [-0.2, -0.15) is 0 Å². The van der Waals surface area contributed by atoms with Crippen LogP contribution in [0.25, 0.3) is 0 Å². The first kappa shape index (κ1) is 15.2. The lowest BCUT2D eigenvalue weighted by Crippen LogP contribution is -2.37. The second-order valence-electron chi connectivity index (χ2n) is 6.87. The quantitative estimate of drug-likeness (QED) is 0.777. The summed E-state index contributed by atoms with van der Waals surface area (Å²) < 4.78 is 5.89. The fourth-order valence-electron chi connectivity index (χ4n) is 2.51. The Morgan fingerprint density at radius 3 is 2.50 bits per heavy atom. The number of hydrogen-bond donors (Lipinski definition) is 0. The highest BCUT2D eigenvalue weighted by molar-refractivity contribution is 6.03. The number of ether oxygens (including phenoxy) is 1. The first-order valence-electron chi connectivity index (χ1n) is 7.61. The third-order valence-corrected chi connectivity index (χ3v) is 3.60. The molecule has 0 saturated carbocycles. The van der Waals surface area contributed by atoms with E-state index in [-0.39, 0.29) is 5.60 Å². The van der Waals surface area contributed by atoms with Gasteiger partial charge in [0.1, 0.15) is 5.60 Å². The Hall–Kier alpha value is -1.16. The van der Waals surface area contributed by atoms with Crippen LogP contribution in [0, 0.1) is 5.92 Å². The molecule has 0 radical (unpaired) electrons. The van der Waals surface area contributed by atoms with Crippen LogP contribution < -0.4 is 0 Å². The monoisotopic (exact) mass is 277 g/mol. The van der Waals surface area contributed by atoms with Gasteiger partial charge in [0.2, 0.25) is 0 Å². The predicted octanol–water partition coefficient (Wildman–Crippen LogP) is 3.25. The Labute approximate surface area is 122 Å². The van der Waals surface area contributed by atoms with Crippen LogP contribution in [0.5, 0.6) is 0 Å². The van der Waals surface area contributed by atoms with E-state index in [2.05, 4.69) is 21.8 Å². The van der Waals surface area contributed by atoms with E-state index < -0.39 is 0 Å². The molecule has 0 aliphatic carbocycles. The zero-order chi connectivity index (χ0) is 14.6. The van der Waals surface area contributed by atoms with Crippen LogP contribution in [0.15, 0.2) is 22.4 Å². The van der Waals surface area contributed by atoms with Gasteiger partial charge in [0, 0.05) is 24.7 Å². The lowest BCUT2D eigenvalue weighted by Gasteiger charge is -2.30. The van der Waals surface area contributed by atoms with Gasteiger partial charge < -0.3 is 4.74 Å². The molecule has 4 nitrogen and oxygen atoms in total. The van der Waals surface area contributed by atoms with Crippen molar-refractivity contribution in [3.05, 3.63) is 12.4 Å². The van der Waals surface area contributed by atoms with Gasteiger partial charge in [-0.15, -0.1) is 0 Å². The molecule has 2 rings (SSSR count). The van der Waals surface area contributed by atoms with Gasteiger partial charge in [-0.25, -0.2) is 4.99 Å². The van der Waals surface area contributed by atoms with E-state index in [1.807, 2.05) is 20.8 Å². The molecule has 20 heavy (non-hydrogen) atoms. The minimum Gasteiger partial charge on any atom is -0.475 e. The van der Waals surface area contributed by atoms with Crippen molar-refractivity contribution >= 4 is 11.6 Å². The van der Waals surface area contributed by atoms with Crippen molar-refractivity contribution in [2.75, 3.05) is 19.6 Å². The molecule has 2 aliphatic rings. The second-order valence-corrected chi connectivity index (χ2v) is 6.87. The normalized spacial score (nSPS) is 22.2. The number of piperidine rings is 1. The van der Waals surface area contributed by atoms with Crippen molar-refractivity contribution in [3.8, 4) is 0 Å². The largest absolute Gasteiger partial charge is 0.475 e. The lowest BCUT2D eigenvalue weighted by atomic mass is 9.99. The molecule has 0 unspecified atom stereocenters. The Morgan fingerprint density at radius 2 is 1.85 bits per heavy atom. The maximum absolute atomic E-state index is 5.89. The first-order chi connectivity index (χ1) is 9.42. The summed E-state index contributed by atoms with van der Waals surface area (Å²) in [5, 5.41) is 0. The summed E-state index contributed by atoms with van der Waals surface area (Å²) in [6.07, 6.45) is 6.81. The van der Waals surface area contributed by atoms with Crippen molar-refractivity contribution in [1.82, 2.24) is 4.90 Å². The van der Waals surface area contributed by atoms with E-state index >= 15 is 0 Å². The number of aliphatic imine (C=N–C) groups is 2. The summed E-state index contributed by atoms with van der Waals surface area (Å²) in [6, 6.07) is 0. The summed E-state index contributed by atoms with van der Waals surface area (Å²) >= 11 is 0. The van der Waals surface area contributed by atoms with E-state index in [1.165, 1.54) is 25.9 Å². The molecule has 0 aromatic rings. The average molecular weight is 277 g/mol. The molecule has 0 spiro atoms. The summed E-state index contributed by atoms with van der Waals surface area (Å²) in [5.41, 5.74) is 0.944. The van der Waals surface area contributed by atoms with Crippen molar-refractivity contribution in [3.63, 3.8) is 0 Å². The summed E-state index contributed by atoms with van der Waals surface area (Å²) in [6.45, 7) is 11.8. The highest BCUT2D eigenvalue weighted by atomic mass is 16.5. The second kappa shape index (κ2) is 6.53. The Bertz CT molecular complexity index is 410. The van der Waals surface area contributed by atoms with E-state index in [1.54, 1.807) is 12.4 Å². The third kappa shape index (κ3) is 5.08. The minimum atomic E-state index is -0.206. The molecule has 2 aliphatic heterocycles. The molecule has 4 heteroatoms. The predicted molar refractivity (Wildman–Crippen MR) is 84.3 cm³/mol. The van der Waals surface area contributed by atoms with Crippen LogP contribution in [0.3, 0.4) is 0 Å². The van der Waals surface area contributed by atoms with Crippen LogP contribution in [0.2, 0.25) is 0 Å². The van der Waals surface area contributed by atoms with Crippen molar-refractivity contribution in [2.45, 2.75) is 52.6 Å². The fraction of sp³-hybridized carbons (Fsp3) is 0.750. The first-order valence-corrected chi connectivity index (χ1v) is 7.61. The number of rotatable bonds is 2. The highest BCUT2D eigenvalue weighted by Gasteiger charge is 2.20. The van der Waals surface area contributed by atoms with E-state index in [4.69, 9.17) is 4.74 Å². The number of nitrogens with zero attached hydrogens (tertiary/aromatic N) is 3. The Kier molecular flexibility index (Phi) is 4.97. The van der Waals surface area contributed by atoms with Crippen molar-refractivity contribution < 1.29 is 4.74 Å². The molecular weight excluding hydrogens is 250 g/mol. The zero-order valence-electron chi connectivity index (χ0n) is 13.2. The van der Waals surface area contributed by atoms with Gasteiger partial charge >= 0.3 is 0 Å². The molecule has 0 atom stereocenters. The van der Waals surface area contributed by atoms with Gasteiger partial charge in [0.25, 0.3) is 0 Å². The molecule has 1 saturated heterocycles.